The highest BCUT2D eigenvalue weighted by Gasteiger charge is 2.23. The maximum atomic E-state index is 11.4. The maximum absolute atomic E-state index is 11.4. The smallest absolute Gasteiger partial charge is 0.150 e. The van der Waals surface area contributed by atoms with Crippen LogP contribution in [-0.4, -0.2) is 401 Å². The Balaban J connectivity index is 1.61. The normalized spacial score (nSPS) is 23.2. The van der Waals surface area contributed by atoms with Gasteiger partial charge >= 0.3 is 0 Å². The van der Waals surface area contributed by atoms with E-state index in [4.69, 9.17) is 142 Å². The molecule has 0 radical (unpaired) electrons. The van der Waals surface area contributed by atoms with E-state index in [-0.39, 0.29) is 19.8 Å². The Morgan fingerprint density at radius 2 is 0.459 bits per heavy atom. The van der Waals surface area contributed by atoms with Crippen molar-refractivity contribution in [2.45, 2.75) is 77.4 Å². The van der Waals surface area contributed by atoms with Crippen LogP contribution in [0.15, 0.2) is 24.3 Å². The van der Waals surface area contributed by atoms with Gasteiger partial charge in [0, 0.05) is 5.56 Å². The van der Waals surface area contributed by atoms with Gasteiger partial charge in [0.05, 0.1) is 383 Å². The molecular weight excluding hydrogens is 1430 g/mol. The molecule has 1 aliphatic rings. The Morgan fingerprint density at radius 1 is 0.266 bits per heavy atom. The van der Waals surface area contributed by atoms with Crippen molar-refractivity contribution in [1.82, 2.24) is 0 Å². The van der Waals surface area contributed by atoms with Crippen LogP contribution in [0.2, 0.25) is 0 Å². The van der Waals surface area contributed by atoms with Gasteiger partial charge in [-0.3, -0.25) is 0 Å². The number of benzene rings is 1. The summed E-state index contributed by atoms with van der Waals surface area (Å²) >= 11 is 0. The fraction of sp³-hybridized carbons (Fsp3) is 0.897. The minimum absolute atomic E-state index is 0.0286. The highest BCUT2D eigenvalue weighted by Crippen LogP contribution is 2.25. The summed E-state index contributed by atoms with van der Waals surface area (Å²) < 4.78 is 169. The number of rotatable bonds is 11. The molecule has 1 fully saturated rings. The molecule has 31 nitrogen and oxygen atoms in total. The first-order chi connectivity index (χ1) is 54.2. The SMILES string of the molecule is C/C=C\c1cc(CCCCCCCCC)ccc1OC1COCCOCCOCCOCCOCCOCCOCCOCCOCCOCCOCCOCCOCCOCCOCCOCCOCCOCCOCCOCCOCCOCCOCCOCCOCCOCCOCCOCCOCC1O. The van der Waals surface area contributed by atoms with Crippen molar-refractivity contribution in [2.75, 3.05) is 383 Å². The van der Waals surface area contributed by atoms with Crippen molar-refractivity contribution in [3.05, 3.63) is 35.4 Å². The Labute approximate surface area is 652 Å². The summed E-state index contributed by atoms with van der Waals surface area (Å²) in [5.41, 5.74) is 2.21. The molecule has 1 aromatic rings. The number of unbranched alkanes of at least 4 members (excludes halogenated alkanes) is 6. The van der Waals surface area contributed by atoms with Crippen LogP contribution in [-0.2, 0) is 144 Å². The first kappa shape index (κ1) is 103. The minimum atomic E-state index is -0.981. The molecule has 31 heteroatoms. The van der Waals surface area contributed by atoms with Crippen molar-refractivity contribution in [2.24, 2.45) is 0 Å². The van der Waals surface area contributed by atoms with Crippen LogP contribution < -0.4 is 4.74 Å². The Hall–Kier alpha value is -2.44. The molecule has 644 valence electrons. The monoisotopic (exact) mass is 1580 g/mol. The fourth-order valence-corrected chi connectivity index (χ4v) is 9.41. The third kappa shape index (κ3) is 77.9. The maximum Gasteiger partial charge on any atom is 0.150 e. The fourth-order valence-electron chi connectivity index (χ4n) is 9.41. The van der Waals surface area contributed by atoms with Crippen LogP contribution in [0.3, 0.4) is 0 Å². The van der Waals surface area contributed by atoms with Crippen LogP contribution in [0.1, 0.15) is 69.9 Å². The van der Waals surface area contributed by atoms with E-state index in [1.165, 1.54) is 44.1 Å². The van der Waals surface area contributed by atoms with Crippen molar-refractivity contribution in [1.29, 1.82) is 0 Å². The summed E-state index contributed by atoms with van der Waals surface area (Å²) in [5.74, 6) is 0.667. The molecule has 1 N–H and O–H groups in total. The molecule has 0 bridgehead atoms. The van der Waals surface area contributed by atoms with Crippen LogP contribution >= 0.6 is 0 Å². The average Bonchev–Trinajstić information content (AvgIpc) is 0.847. The zero-order valence-electron chi connectivity index (χ0n) is 66.9. The topological polar surface area (TPSA) is 297 Å². The van der Waals surface area contributed by atoms with Crippen LogP contribution in [0.5, 0.6) is 5.75 Å². The second kappa shape index (κ2) is 89.5. The van der Waals surface area contributed by atoms with Gasteiger partial charge in [-0.1, -0.05) is 63.7 Å². The summed E-state index contributed by atoms with van der Waals surface area (Å²) in [4.78, 5) is 0. The second-order valence-electron chi connectivity index (χ2n) is 24.2. The van der Waals surface area contributed by atoms with Crippen molar-refractivity contribution >= 4 is 6.08 Å². The largest absolute Gasteiger partial charge is 0.485 e. The summed E-state index contributed by atoms with van der Waals surface area (Å²) in [6.07, 6.45) is 12.1. The standard InChI is InChI=1S/C78H146O31/c1-3-5-6-7-8-9-10-12-74-13-14-77(75(71-74)11-4-2)109-78-73-108-70-68-106-66-64-104-62-60-102-58-56-100-54-52-98-50-48-96-46-44-94-42-40-92-38-36-90-34-32-88-30-28-86-26-24-84-22-20-82-18-16-80-15-17-81-19-21-83-23-25-85-27-29-87-31-33-89-35-37-91-39-41-93-43-45-95-47-49-97-51-53-99-55-57-101-59-61-103-63-65-105-67-69-107-72-76(78)79/h4,11,13-14,71,76,78-79H,3,5-10,12,15-70,72-73H2,1-2H3/b11-4-. The average molecular weight is 1580 g/mol. The molecule has 2 atom stereocenters. The molecule has 1 aromatic carbocycles. The number of aryl methyl sites for hydroxylation is 1. The summed E-state index contributed by atoms with van der Waals surface area (Å²) in [6, 6.07) is 6.29. The lowest BCUT2D eigenvalue weighted by molar-refractivity contribution is -0.0740. The molecule has 109 heavy (non-hydrogen) atoms. The van der Waals surface area contributed by atoms with Crippen molar-refractivity contribution < 1.29 is 147 Å². The summed E-state index contributed by atoms with van der Waals surface area (Å²) in [7, 11) is 0. The third-order valence-corrected chi connectivity index (χ3v) is 15.2. The zero-order valence-corrected chi connectivity index (χ0v) is 66.9. The van der Waals surface area contributed by atoms with Crippen molar-refractivity contribution in [3.8, 4) is 5.75 Å². The van der Waals surface area contributed by atoms with Gasteiger partial charge in [-0.15, -0.1) is 0 Å². The van der Waals surface area contributed by atoms with E-state index in [0.29, 0.717) is 369 Å². The van der Waals surface area contributed by atoms with Gasteiger partial charge in [0.15, 0.2) is 0 Å². The number of aliphatic hydroxyl groups excluding tert-OH is 1. The van der Waals surface area contributed by atoms with Crippen molar-refractivity contribution in [3.63, 3.8) is 0 Å². The van der Waals surface area contributed by atoms with Gasteiger partial charge in [-0.05, 0) is 37.5 Å². The van der Waals surface area contributed by atoms with E-state index in [0.717, 1.165) is 18.4 Å². The molecule has 0 spiro atoms. The lowest BCUT2D eigenvalue weighted by Crippen LogP contribution is -2.40. The van der Waals surface area contributed by atoms with E-state index in [1.54, 1.807) is 0 Å². The van der Waals surface area contributed by atoms with Gasteiger partial charge in [-0.25, -0.2) is 0 Å². The Bertz CT molecular complexity index is 1930. The molecule has 0 aromatic heterocycles. The number of aliphatic hydroxyl groups is 1. The minimum Gasteiger partial charge on any atom is -0.485 e. The summed E-state index contributed by atoms with van der Waals surface area (Å²) in [6.45, 7) is 29.7. The Kier molecular flexibility index (Phi) is 84.3. The molecule has 0 aliphatic carbocycles. The van der Waals surface area contributed by atoms with E-state index in [1.807, 2.05) is 25.1 Å². The molecule has 1 saturated heterocycles. The number of ether oxygens (including phenoxy) is 30. The van der Waals surface area contributed by atoms with E-state index < -0.39 is 12.2 Å². The molecule has 0 amide bonds. The van der Waals surface area contributed by atoms with Gasteiger partial charge < -0.3 is 147 Å². The molecule has 1 heterocycles. The zero-order chi connectivity index (χ0) is 77.3. The predicted molar refractivity (Wildman–Crippen MR) is 407 cm³/mol. The second-order valence-corrected chi connectivity index (χ2v) is 24.2. The molecule has 0 saturated carbocycles. The van der Waals surface area contributed by atoms with Gasteiger partial charge in [0.25, 0.3) is 0 Å². The van der Waals surface area contributed by atoms with Gasteiger partial charge in [-0.2, -0.15) is 0 Å². The van der Waals surface area contributed by atoms with Crippen LogP contribution in [0, 0.1) is 0 Å². The highest BCUT2D eigenvalue weighted by atomic mass is 16.6. The molecule has 2 unspecified atom stereocenters. The third-order valence-electron chi connectivity index (χ3n) is 15.2. The number of hydrogen-bond acceptors (Lipinski definition) is 31. The predicted octanol–water partition coefficient (Wildman–Crippen LogP) is 5.62. The molecule has 1 aliphatic heterocycles. The van der Waals surface area contributed by atoms with E-state index in [2.05, 4.69) is 19.1 Å². The van der Waals surface area contributed by atoms with Gasteiger partial charge in [0.2, 0.25) is 0 Å². The van der Waals surface area contributed by atoms with Crippen LogP contribution in [0.25, 0.3) is 6.08 Å². The first-order valence-corrected chi connectivity index (χ1v) is 40.1. The van der Waals surface area contributed by atoms with E-state index in [9.17, 15) is 5.11 Å². The quantitative estimate of drug-likeness (QED) is 0.263. The number of allylic oxidation sites excluding steroid dienone is 1. The molecular formula is C78H146O31. The lowest BCUT2D eigenvalue weighted by Gasteiger charge is -2.25. The summed E-state index contributed by atoms with van der Waals surface area (Å²) in [5, 5.41) is 11.4. The first-order valence-electron chi connectivity index (χ1n) is 40.1. The Morgan fingerprint density at radius 3 is 0.670 bits per heavy atom. The number of hydrogen-bond donors (Lipinski definition) is 1. The van der Waals surface area contributed by atoms with Gasteiger partial charge in [0.1, 0.15) is 18.0 Å². The molecule has 2 rings (SSSR count). The highest BCUT2D eigenvalue weighted by molar-refractivity contribution is 5.58. The van der Waals surface area contributed by atoms with Crippen LogP contribution in [0.4, 0.5) is 0 Å². The van der Waals surface area contributed by atoms with E-state index >= 15 is 0 Å². The lowest BCUT2D eigenvalue weighted by atomic mass is 10.0.